The van der Waals surface area contributed by atoms with Gasteiger partial charge in [-0.2, -0.15) is 0 Å². The van der Waals surface area contributed by atoms with Gasteiger partial charge in [-0.1, -0.05) is 17.7 Å². The van der Waals surface area contributed by atoms with Gasteiger partial charge in [-0.3, -0.25) is 9.69 Å². The number of carbonyl (C=O) groups is 2. The molecule has 2 saturated heterocycles. The second-order valence-electron chi connectivity index (χ2n) is 10.0. The van der Waals surface area contributed by atoms with Crippen LogP contribution in [-0.4, -0.2) is 53.2 Å². The number of piperidine rings is 1. The Hall–Kier alpha value is -2.61. The summed E-state index contributed by atoms with van der Waals surface area (Å²) in [5.74, 6) is 0.165. The first-order valence-electron chi connectivity index (χ1n) is 11.7. The summed E-state index contributed by atoms with van der Waals surface area (Å²) in [7, 11) is 0. The number of carboxylic acid groups (broad SMARTS) is 1. The Balaban J connectivity index is 1.25. The predicted molar refractivity (Wildman–Crippen MR) is 128 cm³/mol. The van der Waals surface area contributed by atoms with E-state index in [1.807, 2.05) is 18.2 Å². The molecular weight excluding hydrogens is 456 g/mol. The second-order valence-corrected chi connectivity index (χ2v) is 10.5. The molecule has 2 aromatic carbocycles. The van der Waals surface area contributed by atoms with E-state index in [0.717, 1.165) is 37.2 Å². The summed E-state index contributed by atoms with van der Waals surface area (Å²) in [5, 5.41) is 12.7. The Morgan fingerprint density at radius 2 is 2.06 bits per heavy atom. The summed E-state index contributed by atoms with van der Waals surface area (Å²) < 4.78 is 13.0. The maximum Gasteiger partial charge on any atom is 0.335 e. The molecule has 0 aromatic heterocycles. The number of hydrogen-bond donors (Lipinski definition) is 2. The molecule has 3 aliphatic rings. The van der Waals surface area contributed by atoms with E-state index < -0.39 is 5.97 Å². The van der Waals surface area contributed by atoms with E-state index in [1.54, 1.807) is 12.1 Å². The Morgan fingerprint density at radius 3 is 2.85 bits per heavy atom. The van der Waals surface area contributed by atoms with E-state index in [0.29, 0.717) is 16.6 Å². The van der Waals surface area contributed by atoms with Gasteiger partial charge in [0.1, 0.15) is 11.4 Å². The molecule has 34 heavy (non-hydrogen) atoms. The number of ether oxygens (including phenoxy) is 2. The van der Waals surface area contributed by atoms with Crippen LogP contribution in [0.3, 0.4) is 0 Å². The van der Waals surface area contributed by atoms with Crippen molar-refractivity contribution in [1.82, 2.24) is 4.90 Å². The zero-order valence-electron chi connectivity index (χ0n) is 19.3. The van der Waals surface area contributed by atoms with Gasteiger partial charge in [0, 0.05) is 35.3 Å². The van der Waals surface area contributed by atoms with E-state index in [4.69, 9.17) is 26.2 Å². The molecular formula is C26H29ClN2O5. The molecule has 3 heterocycles. The third-order valence-electron chi connectivity index (χ3n) is 7.30. The van der Waals surface area contributed by atoms with Gasteiger partial charge in [0.2, 0.25) is 5.91 Å². The highest BCUT2D eigenvalue weighted by Crippen LogP contribution is 2.53. The van der Waals surface area contributed by atoms with Gasteiger partial charge in [0.15, 0.2) is 0 Å². The Bertz CT molecular complexity index is 1120. The Kier molecular flexibility index (Phi) is 6.04. The lowest BCUT2D eigenvalue weighted by atomic mass is 9.70. The monoisotopic (exact) mass is 484 g/mol. The summed E-state index contributed by atoms with van der Waals surface area (Å²) in [6.07, 6.45) is 1.89. The van der Waals surface area contributed by atoms with Gasteiger partial charge >= 0.3 is 5.97 Å². The van der Waals surface area contributed by atoms with Gasteiger partial charge in [0.05, 0.1) is 24.3 Å². The summed E-state index contributed by atoms with van der Waals surface area (Å²) in [5.41, 5.74) is 1.29. The van der Waals surface area contributed by atoms with E-state index in [9.17, 15) is 9.59 Å². The number of amides is 1. The highest BCUT2D eigenvalue weighted by atomic mass is 35.5. The van der Waals surface area contributed by atoms with E-state index in [-0.39, 0.29) is 41.7 Å². The number of benzene rings is 2. The zero-order valence-corrected chi connectivity index (χ0v) is 20.0. The minimum absolute atomic E-state index is 0.0462. The third-order valence-corrected chi connectivity index (χ3v) is 7.53. The number of aromatic carboxylic acids is 1. The van der Waals surface area contributed by atoms with Crippen LogP contribution in [0.4, 0.5) is 5.69 Å². The molecule has 2 fully saturated rings. The second kappa shape index (κ2) is 8.87. The van der Waals surface area contributed by atoms with Crippen LogP contribution in [0.15, 0.2) is 42.5 Å². The maximum atomic E-state index is 12.7. The number of likely N-dealkylation sites (tertiary alicyclic amines) is 1. The SMILES string of the molecule is CC1(C)Oc2ccc(Cl)cc2[C@H]2O[C@H]3CCN(CC(=O)Nc4cccc(C(=O)O)c4)C[C@@H]3C[C@@H]21. The molecule has 1 amide bonds. The zero-order chi connectivity index (χ0) is 24.0. The number of fused-ring (bicyclic) bond motifs is 4. The smallest absolute Gasteiger partial charge is 0.335 e. The highest BCUT2D eigenvalue weighted by Gasteiger charge is 2.51. The minimum Gasteiger partial charge on any atom is -0.487 e. The van der Waals surface area contributed by atoms with Crippen LogP contribution in [0.2, 0.25) is 5.02 Å². The lowest BCUT2D eigenvalue weighted by Gasteiger charge is -2.53. The largest absolute Gasteiger partial charge is 0.487 e. The number of rotatable bonds is 4. The van der Waals surface area contributed by atoms with E-state index in [1.165, 1.54) is 12.1 Å². The van der Waals surface area contributed by atoms with Crippen LogP contribution in [0, 0.1) is 11.8 Å². The fraction of sp³-hybridized carbons (Fsp3) is 0.462. The standard InChI is InChI=1S/C26H29ClN2O5/c1-26(2)20-11-16-13-29(14-23(30)28-18-5-3-4-15(10-18)25(31)32)9-8-21(16)33-24(20)19-12-17(27)6-7-22(19)34-26/h3-7,10,12,16,20-21,24H,8-9,11,13-14H2,1-2H3,(H,28,30)(H,31,32)/t16-,20-,21-,24+/m0/s1. The van der Waals surface area contributed by atoms with Crippen molar-refractivity contribution < 1.29 is 24.2 Å². The van der Waals surface area contributed by atoms with Crippen molar-refractivity contribution in [3.05, 3.63) is 58.6 Å². The van der Waals surface area contributed by atoms with Crippen LogP contribution in [-0.2, 0) is 9.53 Å². The average Bonchev–Trinajstić information content (AvgIpc) is 2.78. The molecule has 0 unspecified atom stereocenters. The first kappa shape index (κ1) is 23.1. The van der Waals surface area contributed by atoms with Gasteiger partial charge in [-0.05, 0) is 69.0 Å². The highest BCUT2D eigenvalue weighted by molar-refractivity contribution is 6.30. The molecule has 0 aliphatic carbocycles. The van der Waals surface area contributed by atoms with Gasteiger partial charge in [-0.25, -0.2) is 4.79 Å². The van der Waals surface area contributed by atoms with Crippen molar-refractivity contribution in [1.29, 1.82) is 0 Å². The molecule has 3 aliphatic heterocycles. The molecule has 2 aromatic rings. The molecule has 0 saturated carbocycles. The minimum atomic E-state index is -1.02. The number of anilines is 1. The number of carboxylic acids is 1. The van der Waals surface area contributed by atoms with Crippen molar-refractivity contribution in [2.45, 2.75) is 44.5 Å². The number of nitrogens with one attached hydrogen (secondary N) is 1. The lowest BCUT2D eigenvalue weighted by molar-refractivity contribution is -0.187. The molecule has 8 heteroatoms. The third kappa shape index (κ3) is 4.52. The molecule has 0 spiro atoms. The molecule has 0 radical (unpaired) electrons. The molecule has 180 valence electrons. The van der Waals surface area contributed by atoms with E-state index in [2.05, 4.69) is 24.1 Å². The van der Waals surface area contributed by atoms with Crippen molar-refractivity contribution in [3.8, 4) is 5.75 Å². The fourth-order valence-corrected chi connectivity index (χ4v) is 5.81. The first-order chi connectivity index (χ1) is 16.2. The van der Waals surface area contributed by atoms with Crippen LogP contribution in [0.1, 0.15) is 48.7 Å². The van der Waals surface area contributed by atoms with Crippen molar-refractivity contribution in [3.63, 3.8) is 0 Å². The van der Waals surface area contributed by atoms with Crippen molar-refractivity contribution >= 4 is 29.2 Å². The van der Waals surface area contributed by atoms with Crippen LogP contribution in [0.5, 0.6) is 5.75 Å². The van der Waals surface area contributed by atoms with Crippen LogP contribution < -0.4 is 10.1 Å². The van der Waals surface area contributed by atoms with Crippen molar-refractivity contribution in [2.24, 2.45) is 11.8 Å². The summed E-state index contributed by atoms with van der Waals surface area (Å²) in [6.45, 7) is 6.03. The topological polar surface area (TPSA) is 88.1 Å². The molecule has 4 atom stereocenters. The lowest BCUT2D eigenvalue weighted by Crippen LogP contribution is -2.55. The van der Waals surface area contributed by atoms with Gasteiger partial charge in [-0.15, -0.1) is 0 Å². The Morgan fingerprint density at radius 1 is 1.24 bits per heavy atom. The molecule has 5 rings (SSSR count). The van der Waals surface area contributed by atoms with Gasteiger partial charge in [0.25, 0.3) is 0 Å². The number of nitrogens with zero attached hydrogens (tertiary/aromatic N) is 1. The number of carbonyl (C=O) groups excluding carboxylic acids is 1. The fourth-order valence-electron chi connectivity index (χ4n) is 5.63. The molecule has 2 N–H and O–H groups in total. The number of halogens is 1. The van der Waals surface area contributed by atoms with Crippen molar-refractivity contribution in [2.75, 3.05) is 25.0 Å². The summed E-state index contributed by atoms with van der Waals surface area (Å²) in [6, 6.07) is 12.0. The summed E-state index contributed by atoms with van der Waals surface area (Å²) in [4.78, 5) is 26.0. The average molecular weight is 485 g/mol. The normalized spacial score (nSPS) is 27.5. The van der Waals surface area contributed by atoms with Crippen LogP contribution in [0.25, 0.3) is 0 Å². The number of hydrogen-bond acceptors (Lipinski definition) is 5. The predicted octanol–water partition coefficient (Wildman–Crippen LogP) is 4.62. The maximum absolute atomic E-state index is 12.7. The van der Waals surface area contributed by atoms with Crippen LogP contribution >= 0.6 is 11.6 Å². The van der Waals surface area contributed by atoms with E-state index >= 15 is 0 Å². The molecule has 7 nitrogen and oxygen atoms in total. The van der Waals surface area contributed by atoms with Gasteiger partial charge < -0.3 is 19.9 Å². The first-order valence-corrected chi connectivity index (χ1v) is 12.1. The quantitative estimate of drug-likeness (QED) is 0.658. The summed E-state index contributed by atoms with van der Waals surface area (Å²) >= 11 is 6.28. The Labute approximate surface area is 204 Å². The molecule has 0 bridgehead atoms.